The van der Waals surface area contributed by atoms with Crippen LogP contribution in [0.15, 0.2) is 29.7 Å². The summed E-state index contributed by atoms with van der Waals surface area (Å²) in [7, 11) is 0. The molecular weight excluding hydrogens is 246 g/mol. The smallest absolute Gasteiger partial charge is 0.195 e. The fourth-order valence-corrected chi connectivity index (χ4v) is 2.64. The molecule has 0 amide bonds. The largest absolute Gasteiger partial charge is 0.396 e. The first-order valence-electron chi connectivity index (χ1n) is 5.93. The highest BCUT2D eigenvalue weighted by atomic mass is 32.2. The first-order chi connectivity index (χ1) is 8.72. The van der Waals surface area contributed by atoms with Gasteiger partial charge in [0.05, 0.1) is 5.69 Å². The van der Waals surface area contributed by atoms with Gasteiger partial charge in [-0.15, -0.1) is 10.2 Å². The second-order valence-corrected chi connectivity index (χ2v) is 5.26. The first-order valence-corrected chi connectivity index (χ1v) is 6.92. The van der Waals surface area contributed by atoms with E-state index >= 15 is 0 Å². The second-order valence-electron chi connectivity index (χ2n) is 4.20. The summed E-state index contributed by atoms with van der Waals surface area (Å²) in [5.41, 5.74) is 3.56. The van der Waals surface area contributed by atoms with Gasteiger partial charge >= 0.3 is 0 Å². The van der Waals surface area contributed by atoms with Crippen LogP contribution in [0.1, 0.15) is 17.5 Å². The number of hydrogen-bond donors (Lipinski definition) is 1. The molecule has 0 aliphatic rings. The minimum atomic E-state index is 0.213. The van der Waals surface area contributed by atoms with Crippen LogP contribution in [0.4, 0.5) is 0 Å². The van der Waals surface area contributed by atoms with E-state index in [0.717, 1.165) is 23.0 Å². The molecule has 0 saturated carbocycles. The van der Waals surface area contributed by atoms with E-state index in [1.54, 1.807) is 18.1 Å². The number of aliphatic hydroxyl groups excluding tert-OH is 1. The molecular formula is C13H17N3OS. The summed E-state index contributed by atoms with van der Waals surface area (Å²) in [5.74, 6) is 0.847. The van der Waals surface area contributed by atoms with E-state index in [9.17, 15) is 0 Å². The van der Waals surface area contributed by atoms with Crippen LogP contribution < -0.4 is 0 Å². The number of rotatable bonds is 5. The van der Waals surface area contributed by atoms with Crippen LogP contribution in [-0.4, -0.2) is 32.2 Å². The van der Waals surface area contributed by atoms with Gasteiger partial charge in [0.15, 0.2) is 5.16 Å². The molecule has 1 aromatic heterocycles. The maximum absolute atomic E-state index is 8.80. The van der Waals surface area contributed by atoms with Crippen molar-refractivity contribution >= 4 is 11.8 Å². The van der Waals surface area contributed by atoms with Crippen LogP contribution in [0.3, 0.4) is 0 Å². The first kappa shape index (κ1) is 13.1. The normalized spacial score (nSPS) is 10.8. The third kappa shape index (κ3) is 2.91. The van der Waals surface area contributed by atoms with Crippen molar-refractivity contribution in [2.45, 2.75) is 25.4 Å². The van der Waals surface area contributed by atoms with Gasteiger partial charge in [0, 0.05) is 12.4 Å². The van der Waals surface area contributed by atoms with Crippen LogP contribution >= 0.6 is 11.8 Å². The lowest BCUT2D eigenvalue weighted by atomic mass is 10.1. The van der Waals surface area contributed by atoms with Crippen LogP contribution in [0, 0.1) is 13.8 Å². The van der Waals surface area contributed by atoms with E-state index in [2.05, 4.69) is 42.2 Å². The third-order valence-electron chi connectivity index (χ3n) is 2.66. The van der Waals surface area contributed by atoms with Gasteiger partial charge in [0.1, 0.15) is 6.33 Å². The monoisotopic (exact) mass is 263 g/mol. The molecule has 0 bridgehead atoms. The molecule has 0 unspecified atom stereocenters. The molecule has 2 rings (SSSR count). The highest BCUT2D eigenvalue weighted by Gasteiger charge is 2.08. The van der Waals surface area contributed by atoms with Crippen LogP contribution in [-0.2, 0) is 0 Å². The molecule has 4 nitrogen and oxygen atoms in total. The number of benzene rings is 1. The van der Waals surface area contributed by atoms with Crippen molar-refractivity contribution in [3.8, 4) is 5.69 Å². The van der Waals surface area contributed by atoms with Crippen LogP contribution in [0.25, 0.3) is 5.69 Å². The van der Waals surface area contributed by atoms with Gasteiger partial charge in [-0.05, 0) is 31.9 Å². The zero-order chi connectivity index (χ0) is 13.0. The SMILES string of the molecule is Cc1ccc(-n2cnnc2SCCCO)c(C)c1. The zero-order valence-corrected chi connectivity index (χ0v) is 11.4. The van der Waals surface area contributed by atoms with Crippen LogP contribution in [0.5, 0.6) is 0 Å². The number of aromatic nitrogens is 3. The van der Waals surface area contributed by atoms with Gasteiger partial charge < -0.3 is 5.11 Å². The summed E-state index contributed by atoms with van der Waals surface area (Å²) in [6, 6.07) is 6.33. The van der Waals surface area contributed by atoms with Gasteiger partial charge in [-0.1, -0.05) is 29.5 Å². The Bertz CT molecular complexity index is 525. The number of hydrogen-bond acceptors (Lipinski definition) is 4. The number of thioether (sulfide) groups is 1. The Hall–Kier alpha value is -1.33. The third-order valence-corrected chi connectivity index (χ3v) is 3.69. The second kappa shape index (κ2) is 6.02. The highest BCUT2D eigenvalue weighted by molar-refractivity contribution is 7.99. The van der Waals surface area contributed by atoms with Gasteiger partial charge in [0.25, 0.3) is 0 Å². The molecule has 1 aromatic carbocycles. The predicted octanol–water partition coefficient (Wildman–Crippen LogP) is 2.36. The van der Waals surface area contributed by atoms with E-state index in [0.29, 0.717) is 0 Å². The van der Waals surface area contributed by atoms with Crippen molar-refractivity contribution in [2.24, 2.45) is 0 Å². The Morgan fingerprint density at radius 2 is 2.17 bits per heavy atom. The summed E-state index contributed by atoms with van der Waals surface area (Å²) < 4.78 is 2.00. The lowest BCUT2D eigenvalue weighted by Gasteiger charge is -2.09. The van der Waals surface area contributed by atoms with E-state index in [1.807, 2.05) is 4.57 Å². The van der Waals surface area contributed by atoms with E-state index < -0.39 is 0 Å². The standard InChI is InChI=1S/C13H17N3OS/c1-10-4-5-12(11(2)8-10)16-9-14-15-13(16)18-7-3-6-17/h4-5,8-9,17H,3,6-7H2,1-2H3. The zero-order valence-electron chi connectivity index (χ0n) is 10.6. The van der Waals surface area contributed by atoms with E-state index in [1.165, 1.54) is 11.1 Å². The number of nitrogens with zero attached hydrogens (tertiary/aromatic N) is 3. The molecule has 0 fully saturated rings. The minimum Gasteiger partial charge on any atom is -0.396 e. The molecule has 5 heteroatoms. The Kier molecular flexibility index (Phi) is 4.38. The summed E-state index contributed by atoms with van der Waals surface area (Å²) in [6.45, 7) is 4.38. The molecule has 0 aliphatic carbocycles. The quantitative estimate of drug-likeness (QED) is 0.664. The number of aryl methyl sites for hydroxylation is 2. The Morgan fingerprint density at radius 1 is 1.33 bits per heavy atom. The Morgan fingerprint density at radius 3 is 2.89 bits per heavy atom. The molecule has 0 saturated heterocycles. The summed E-state index contributed by atoms with van der Waals surface area (Å²) in [5, 5.41) is 17.8. The lowest BCUT2D eigenvalue weighted by Crippen LogP contribution is -1.99. The molecule has 1 N–H and O–H groups in total. The average Bonchev–Trinajstić information content (AvgIpc) is 2.78. The van der Waals surface area contributed by atoms with Gasteiger partial charge in [-0.3, -0.25) is 4.57 Å². The number of aliphatic hydroxyl groups is 1. The van der Waals surface area contributed by atoms with Gasteiger partial charge in [-0.2, -0.15) is 0 Å². The Balaban J connectivity index is 2.25. The van der Waals surface area contributed by atoms with Gasteiger partial charge in [-0.25, -0.2) is 0 Å². The van der Waals surface area contributed by atoms with Crippen molar-refractivity contribution in [1.82, 2.24) is 14.8 Å². The fourth-order valence-electron chi connectivity index (χ4n) is 1.79. The van der Waals surface area contributed by atoms with Crippen LogP contribution in [0.2, 0.25) is 0 Å². The van der Waals surface area contributed by atoms with E-state index in [-0.39, 0.29) is 6.61 Å². The predicted molar refractivity (Wildman–Crippen MR) is 73.3 cm³/mol. The fraction of sp³-hybridized carbons (Fsp3) is 0.385. The molecule has 0 atom stereocenters. The molecule has 2 aromatic rings. The van der Waals surface area contributed by atoms with Gasteiger partial charge in [0.2, 0.25) is 0 Å². The van der Waals surface area contributed by atoms with E-state index in [4.69, 9.17) is 5.11 Å². The maximum atomic E-state index is 8.80. The highest BCUT2D eigenvalue weighted by Crippen LogP contribution is 2.22. The summed E-state index contributed by atoms with van der Waals surface area (Å²) in [6.07, 6.45) is 2.50. The summed E-state index contributed by atoms with van der Waals surface area (Å²) in [4.78, 5) is 0. The molecule has 1 heterocycles. The maximum Gasteiger partial charge on any atom is 0.195 e. The van der Waals surface area contributed by atoms with Crippen molar-refractivity contribution in [2.75, 3.05) is 12.4 Å². The van der Waals surface area contributed by atoms with Crippen molar-refractivity contribution in [1.29, 1.82) is 0 Å². The molecule has 0 aliphatic heterocycles. The molecule has 0 radical (unpaired) electrons. The average molecular weight is 263 g/mol. The Labute approximate surface area is 111 Å². The van der Waals surface area contributed by atoms with Crippen molar-refractivity contribution in [3.63, 3.8) is 0 Å². The van der Waals surface area contributed by atoms with Crippen molar-refractivity contribution in [3.05, 3.63) is 35.7 Å². The molecule has 0 spiro atoms. The molecule has 96 valence electrons. The topological polar surface area (TPSA) is 50.9 Å². The minimum absolute atomic E-state index is 0.213. The van der Waals surface area contributed by atoms with Crippen molar-refractivity contribution < 1.29 is 5.11 Å². The molecule has 18 heavy (non-hydrogen) atoms. The summed E-state index contributed by atoms with van der Waals surface area (Å²) >= 11 is 1.62. The lowest BCUT2D eigenvalue weighted by molar-refractivity contribution is 0.296.